The Hall–Kier alpha value is -5.54. The Balaban J connectivity index is 1.24. The van der Waals surface area contributed by atoms with Crippen molar-refractivity contribution in [2.45, 2.75) is 37.7 Å². The third kappa shape index (κ3) is 8.80. The summed E-state index contributed by atoms with van der Waals surface area (Å²) in [5.74, 6) is -0.296. The number of benzene rings is 2. The van der Waals surface area contributed by atoms with Crippen LogP contribution in [0.2, 0.25) is 0 Å². The van der Waals surface area contributed by atoms with E-state index in [0.717, 1.165) is 21.4 Å². The number of rotatable bonds is 13. The maximum Gasteiger partial charge on any atom is 0.412 e. The molecule has 1 aromatic heterocycles. The second-order valence-electron chi connectivity index (χ2n) is 13.4. The highest BCUT2D eigenvalue weighted by Gasteiger charge is 2.52. The molecule has 3 heterocycles. The van der Waals surface area contributed by atoms with E-state index in [9.17, 15) is 24.4 Å². The highest BCUT2D eigenvalue weighted by molar-refractivity contribution is 7.22. The van der Waals surface area contributed by atoms with Gasteiger partial charge in [-0.3, -0.25) is 9.59 Å². The van der Waals surface area contributed by atoms with Crippen molar-refractivity contribution in [1.29, 1.82) is 5.26 Å². The summed E-state index contributed by atoms with van der Waals surface area (Å²) in [6.45, 7) is 1.04. The molecule has 16 nitrogen and oxygen atoms in total. The number of nitrogens with two attached hydrogens (primary N) is 1. The lowest BCUT2D eigenvalue weighted by Gasteiger charge is -2.46. The molecule has 2 saturated heterocycles. The molecule has 4 N–H and O–H groups in total. The monoisotopic (exact) mass is 756 g/mol. The molecule has 2 aliphatic heterocycles. The quantitative estimate of drug-likeness (QED) is 0.217. The van der Waals surface area contributed by atoms with Crippen molar-refractivity contribution in [3.63, 3.8) is 0 Å². The van der Waals surface area contributed by atoms with Crippen molar-refractivity contribution in [3.05, 3.63) is 77.4 Å². The number of nitrogens with zero attached hydrogens (tertiary/aromatic N) is 7. The molecule has 6 rings (SSSR count). The number of anilines is 1. The molecule has 0 saturated carbocycles. The Kier molecular flexibility index (Phi) is 12.1. The Morgan fingerprint density at radius 1 is 1.15 bits per heavy atom. The second kappa shape index (κ2) is 17.1. The number of piperazine rings is 1. The molecule has 2 aromatic carbocycles. The lowest BCUT2D eigenvalue weighted by atomic mass is 9.99. The van der Waals surface area contributed by atoms with Gasteiger partial charge in [-0.15, -0.1) is 0 Å². The summed E-state index contributed by atoms with van der Waals surface area (Å²) < 4.78 is 11.7. The number of nitriles is 1. The van der Waals surface area contributed by atoms with Crippen molar-refractivity contribution in [2.24, 2.45) is 0 Å². The summed E-state index contributed by atoms with van der Waals surface area (Å²) in [4.78, 5) is 63.9. The van der Waals surface area contributed by atoms with Crippen LogP contribution in [0, 0.1) is 11.3 Å². The van der Waals surface area contributed by atoms with E-state index in [1.54, 1.807) is 41.3 Å². The number of amides is 5. The van der Waals surface area contributed by atoms with Gasteiger partial charge in [0.2, 0.25) is 11.8 Å². The first-order chi connectivity index (χ1) is 26.0. The van der Waals surface area contributed by atoms with Crippen LogP contribution in [0.25, 0.3) is 10.2 Å². The number of hydrogen-bond donors (Lipinski definition) is 3. The molecule has 0 bridgehead atoms. The van der Waals surface area contributed by atoms with Crippen molar-refractivity contribution in [1.82, 2.24) is 40.3 Å². The molecular formula is C37H44N10O6S. The summed E-state index contributed by atoms with van der Waals surface area (Å²) in [6, 6.07) is 13.1. The number of methoxy groups -OCH3 is 1. The van der Waals surface area contributed by atoms with Gasteiger partial charge in [-0.2, -0.15) is 10.3 Å². The van der Waals surface area contributed by atoms with E-state index in [1.807, 2.05) is 55.4 Å². The Labute approximate surface area is 317 Å². The maximum absolute atomic E-state index is 14.4. The number of urea groups is 1. The number of hydrogen-bond acceptors (Lipinski definition) is 12. The van der Waals surface area contributed by atoms with Gasteiger partial charge in [0.25, 0.3) is 0 Å². The molecule has 0 radical (unpaired) electrons. The minimum absolute atomic E-state index is 0.0262. The number of aromatic nitrogens is 1. The van der Waals surface area contributed by atoms with Crippen LogP contribution in [0.3, 0.4) is 0 Å². The lowest BCUT2D eigenvalue weighted by Crippen LogP contribution is -2.66. The number of para-hydroxylation sites is 1. The number of nitrogen functional groups attached to an aromatic ring is 1. The Bertz CT molecular complexity index is 1980. The number of carbonyl (C=O) groups excluding carboxylic acids is 4. The standard InChI is InChI=1S/C37H44N10O6S/c1-43(2)18-16-40-37(51)53-28-13-7-24(8-14-28)19-29-34(49)44(21-26-5-4-6-30-33(26)42-35(39)54-30)22-31-46(23-32(48)47(29)31)45(17-15-38)36(50)41-20-25-9-11-27(52-3)12-10-25/h4-11,13-14,27,29,31H,12,16-23H2,1-3H3,(H2,39,42)(H,40,51)(H,41,50)/t27?,29-,31+/m0/s1. The number of ether oxygens (including phenoxy) is 2. The van der Waals surface area contributed by atoms with Crippen LogP contribution in [0.5, 0.6) is 5.75 Å². The number of fused-ring (bicyclic) bond motifs is 2. The fourth-order valence-corrected chi connectivity index (χ4v) is 7.54. The van der Waals surface area contributed by atoms with Gasteiger partial charge >= 0.3 is 12.1 Å². The van der Waals surface area contributed by atoms with Crippen LogP contribution >= 0.6 is 11.3 Å². The average molecular weight is 757 g/mol. The zero-order valence-corrected chi connectivity index (χ0v) is 31.3. The zero-order valence-electron chi connectivity index (χ0n) is 30.4. The summed E-state index contributed by atoms with van der Waals surface area (Å²) in [5, 5.41) is 18.6. The molecule has 1 aliphatic carbocycles. The van der Waals surface area contributed by atoms with Crippen LogP contribution in [0.15, 0.2) is 66.3 Å². The van der Waals surface area contributed by atoms with E-state index in [2.05, 4.69) is 21.7 Å². The first-order valence-corrected chi connectivity index (χ1v) is 18.4. The summed E-state index contributed by atoms with van der Waals surface area (Å²) in [6.07, 6.45) is 5.27. The van der Waals surface area contributed by atoms with Gasteiger partial charge in [0, 0.05) is 39.7 Å². The number of thiazole rings is 1. The van der Waals surface area contributed by atoms with Gasteiger partial charge in [0.05, 0.1) is 35.5 Å². The van der Waals surface area contributed by atoms with Crippen molar-refractivity contribution in [2.75, 3.05) is 66.2 Å². The SMILES string of the molecule is COC1C=CC(CNC(=O)N(CC#N)N2CC(=O)N3[C@@H](Cc4ccc(OC(=O)NCCN(C)C)cc4)C(=O)N(Cc4cccc5sc(N)nc45)C[C@@H]32)=CC1. The lowest BCUT2D eigenvalue weighted by molar-refractivity contribution is -0.157. The van der Waals surface area contributed by atoms with E-state index in [-0.39, 0.29) is 57.1 Å². The van der Waals surface area contributed by atoms with E-state index < -0.39 is 24.3 Å². The van der Waals surface area contributed by atoms with Gasteiger partial charge in [-0.05, 0) is 55.4 Å². The van der Waals surface area contributed by atoms with E-state index >= 15 is 0 Å². The molecule has 284 valence electrons. The second-order valence-corrected chi connectivity index (χ2v) is 14.5. The molecular weight excluding hydrogens is 713 g/mol. The van der Waals surface area contributed by atoms with E-state index in [0.29, 0.717) is 35.9 Å². The van der Waals surface area contributed by atoms with E-state index in [1.165, 1.54) is 21.2 Å². The molecule has 17 heteroatoms. The van der Waals surface area contributed by atoms with Crippen LogP contribution < -0.4 is 21.1 Å². The van der Waals surface area contributed by atoms with Gasteiger partial charge in [-0.1, -0.05) is 53.8 Å². The number of likely N-dealkylation sites (N-methyl/N-ethyl adjacent to an activating group) is 1. The van der Waals surface area contributed by atoms with Gasteiger partial charge in [0.15, 0.2) is 5.13 Å². The van der Waals surface area contributed by atoms with E-state index in [4.69, 9.17) is 15.2 Å². The minimum atomic E-state index is -0.930. The number of carbonyl (C=O) groups is 4. The molecule has 3 aromatic rings. The fraction of sp³-hybridized carbons (Fsp3) is 0.405. The molecule has 0 spiro atoms. The largest absolute Gasteiger partial charge is 0.412 e. The van der Waals surface area contributed by atoms with Gasteiger partial charge < -0.3 is 40.5 Å². The first kappa shape index (κ1) is 38.2. The summed E-state index contributed by atoms with van der Waals surface area (Å²) in [5.41, 5.74) is 9.14. The average Bonchev–Trinajstić information content (AvgIpc) is 3.70. The van der Waals surface area contributed by atoms with Gasteiger partial charge in [-0.25, -0.2) is 19.6 Å². The number of nitrogens with one attached hydrogen (secondary N) is 2. The third-order valence-corrected chi connectivity index (χ3v) is 10.3. The zero-order chi connectivity index (χ0) is 38.4. The number of hydrazine groups is 1. The van der Waals surface area contributed by atoms with Crippen LogP contribution in [-0.4, -0.2) is 132 Å². The predicted molar refractivity (Wildman–Crippen MR) is 202 cm³/mol. The normalized spacial score (nSPS) is 19.8. The van der Waals surface area contributed by atoms with Gasteiger partial charge in [0.1, 0.15) is 24.5 Å². The summed E-state index contributed by atoms with van der Waals surface area (Å²) in [7, 11) is 5.44. The highest BCUT2D eigenvalue weighted by atomic mass is 32.1. The molecule has 5 amide bonds. The highest BCUT2D eigenvalue weighted by Crippen LogP contribution is 2.32. The Morgan fingerprint density at radius 2 is 1.94 bits per heavy atom. The molecule has 3 aliphatic rings. The Morgan fingerprint density at radius 3 is 2.65 bits per heavy atom. The fourth-order valence-electron chi connectivity index (χ4n) is 6.75. The topological polar surface area (TPSA) is 190 Å². The first-order valence-electron chi connectivity index (χ1n) is 17.6. The van der Waals surface area contributed by atoms with Crippen molar-refractivity contribution in [3.8, 4) is 11.8 Å². The summed E-state index contributed by atoms with van der Waals surface area (Å²) >= 11 is 1.35. The smallest absolute Gasteiger partial charge is 0.410 e. The van der Waals surface area contributed by atoms with Crippen molar-refractivity contribution >= 4 is 50.6 Å². The molecule has 1 unspecified atom stereocenters. The third-order valence-electron chi connectivity index (χ3n) is 9.49. The van der Waals surface area contributed by atoms with Crippen LogP contribution in [0.4, 0.5) is 14.7 Å². The maximum atomic E-state index is 14.4. The predicted octanol–water partition coefficient (Wildman–Crippen LogP) is 2.30. The molecule has 2 fully saturated rings. The van der Waals surface area contributed by atoms with Crippen molar-refractivity contribution < 1.29 is 28.7 Å². The molecule has 54 heavy (non-hydrogen) atoms. The van der Waals surface area contributed by atoms with Crippen LogP contribution in [0.1, 0.15) is 17.5 Å². The minimum Gasteiger partial charge on any atom is -0.410 e. The van der Waals surface area contributed by atoms with Crippen LogP contribution in [-0.2, 0) is 27.3 Å². The molecule has 3 atom stereocenters.